The molecular formula is C24H26N2O7. The maximum absolute atomic E-state index is 12.6. The van der Waals surface area contributed by atoms with Gasteiger partial charge >= 0.3 is 0 Å². The molecule has 33 heavy (non-hydrogen) atoms. The van der Waals surface area contributed by atoms with Crippen LogP contribution in [0.2, 0.25) is 0 Å². The van der Waals surface area contributed by atoms with Crippen molar-refractivity contribution < 1.29 is 33.6 Å². The molecule has 0 saturated heterocycles. The molecule has 0 unspecified atom stereocenters. The van der Waals surface area contributed by atoms with Gasteiger partial charge in [-0.05, 0) is 35.9 Å². The maximum atomic E-state index is 12.6. The number of rotatable bonds is 8. The maximum Gasteiger partial charge on any atom is 0.251 e. The van der Waals surface area contributed by atoms with Crippen LogP contribution in [0.4, 0.5) is 0 Å². The highest BCUT2D eigenvalue weighted by Gasteiger charge is 2.29. The fourth-order valence-electron chi connectivity index (χ4n) is 3.61. The Morgan fingerprint density at radius 2 is 1.88 bits per heavy atom. The van der Waals surface area contributed by atoms with Gasteiger partial charge in [0.2, 0.25) is 12.7 Å². The van der Waals surface area contributed by atoms with Crippen LogP contribution in [-0.4, -0.2) is 55.7 Å². The number of hydrogen-bond donors (Lipinski definition) is 3. The topological polar surface area (TPSA) is 115 Å². The van der Waals surface area contributed by atoms with Crippen LogP contribution in [0.15, 0.2) is 54.6 Å². The van der Waals surface area contributed by atoms with Crippen LogP contribution in [0.25, 0.3) is 0 Å². The summed E-state index contributed by atoms with van der Waals surface area (Å²) in [5, 5.41) is 15.5. The van der Waals surface area contributed by atoms with Crippen LogP contribution in [0.1, 0.15) is 22.3 Å². The molecule has 0 aliphatic carbocycles. The Balaban J connectivity index is 1.29. The second-order valence-corrected chi connectivity index (χ2v) is 7.68. The van der Waals surface area contributed by atoms with Crippen LogP contribution in [0.5, 0.6) is 17.2 Å². The fourth-order valence-corrected chi connectivity index (χ4v) is 3.61. The van der Waals surface area contributed by atoms with Gasteiger partial charge in [-0.15, -0.1) is 0 Å². The summed E-state index contributed by atoms with van der Waals surface area (Å²) < 4.78 is 21.5. The molecule has 0 spiro atoms. The van der Waals surface area contributed by atoms with Gasteiger partial charge in [-0.1, -0.05) is 24.3 Å². The fraction of sp³-hybridized carbons (Fsp3) is 0.333. The van der Waals surface area contributed by atoms with E-state index in [0.717, 1.165) is 11.3 Å². The number of amides is 2. The van der Waals surface area contributed by atoms with Crippen molar-refractivity contribution in [2.75, 3.05) is 20.5 Å². The van der Waals surface area contributed by atoms with Crippen LogP contribution in [0, 0.1) is 0 Å². The van der Waals surface area contributed by atoms with Gasteiger partial charge < -0.3 is 34.7 Å². The van der Waals surface area contributed by atoms with E-state index in [1.807, 2.05) is 24.3 Å². The molecule has 0 saturated carbocycles. The third-order valence-electron chi connectivity index (χ3n) is 5.43. The molecule has 2 aliphatic heterocycles. The molecule has 174 valence electrons. The van der Waals surface area contributed by atoms with Gasteiger partial charge in [0.1, 0.15) is 11.9 Å². The molecule has 2 aromatic carbocycles. The van der Waals surface area contributed by atoms with Crippen LogP contribution < -0.4 is 24.8 Å². The van der Waals surface area contributed by atoms with Gasteiger partial charge in [0, 0.05) is 12.1 Å². The summed E-state index contributed by atoms with van der Waals surface area (Å²) in [6.45, 7) is 0.207. The zero-order chi connectivity index (χ0) is 23.2. The standard InChI is InChI=1S/C24H26N2O7/c1-30-17-5-2-15(3-6-17)12-25-23(28)11-18-7-8-19(22(13-27)33-18)26-24(29)16-4-9-20-21(10-16)32-14-31-20/h2-10,18-19,22,27H,11-14H2,1H3,(H,25,28)(H,26,29)/t18-,19-,22-/m0/s1. The van der Waals surface area contributed by atoms with Crippen molar-refractivity contribution in [3.05, 3.63) is 65.7 Å². The minimum absolute atomic E-state index is 0.103. The highest BCUT2D eigenvalue weighted by atomic mass is 16.7. The molecule has 0 radical (unpaired) electrons. The third-order valence-corrected chi connectivity index (χ3v) is 5.43. The summed E-state index contributed by atoms with van der Waals surface area (Å²) >= 11 is 0. The zero-order valence-corrected chi connectivity index (χ0v) is 18.2. The van der Waals surface area contributed by atoms with Crippen molar-refractivity contribution >= 4 is 11.8 Å². The third kappa shape index (κ3) is 5.63. The summed E-state index contributed by atoms with van der Waals surface area (Å²) in [5.41, 5.74) is 1.35. The zero-order valence-electron chi connectivity index (χ0n) is 18.2. The number of fused-ring (bicyclic) bond motifs is 1. The lowest BCUT2D eigenvalue weighted by atomic mass is 10.0. The predicted molar refractivity (Wildman–Crippen MR) is 118 cm³/mol. The highest BCUT2D eigenvalue weighted by molar-refractivity contribution is 5.95. The minimum Gasteiger partial charge on any atom is -0.497 e. The van der Waals surface area contributed by atoms with Gasteiger partial charge in [0.15, 0.2) is 11.5 Å². The van der Waals surface area contributed by atoms with Gasteiger partial charge in [-0.25, -0.2) is 0 Å². The lowest BCUT2D eigenvalue weighted by Gasteiger charge is -2.31. The molecule has 9 nitrogen and oxygen atoms in total. The van der Waals surface area contributed by atoms with Gasteiger partial charge in [-0.2, -0.15) is 0 Å². The quantitative estimate of drug-likeness (QED) is 0.519. The van der Waals surface area contributed by atoms with Crippen LogP contribution in [-0.2, 0) is 16.1 Å². The smallest absolute Gasteiger partial charge is 0.251 e. The molecule has 2 aliphatic rings. The number of ether oxygens (including phenoxy) is 4. The van der Waals surface area contributed by atoms with E-state index in [4.69, 9.17) is 18.9 Å². The normalized spacial score (nSPS) is 20.8. The minimum atomic E-state index is -0.674. The van der Waals surface area contributed by atoms with E-state index in [1.165, 1.54) is 0 Å². The monoisotopic (exact) mass is 454 g/mol. The molecule has 2 amide bonds. The molecular weight excluding hydrogens is 428 g/mol. The van der Waals surface area contributed by atoms with Gasteiger partial charge in [-0.3, -0.25) is 9.59 Å². The van der Waals surface area contributed by atoms with Crippen molar-refractivity contribution in [3.63, 3.8) is 0 Å². The number of aliphatic hydroxyl groups excluding tert-OH is 1. The van der Waals surface area contributed by atoms with E-state index in [0.29, 0.717) is 23.6 Å². The van der Waals surface area contributed by atoms with E-state index >= 15 is 0 Å². The molecule has 0 fully saturated rings. The molecule has 2 heterocycles. The van der Waals surface area contributed by atoms with Crippen molar-refractivity contribution in [2.45, 2.75) is 31.2 Å². The average Bonchev–Trinajstić information content (AvgIpc) is 3.32. The van der Waals surface area contributed by atoms with E-state index in [1.54, 1.807) is 37.5 Å². The average molecular weight is 454 g/mol. The van der Waals surface area contributed by atoms with E-state index < -0.39 is 18.2 Å². The summed E-state index contributed by atoms with van der Waals surface area (Å²) in [5.74, 6) is 1.34. The number of carbonyl (C=O) groups excluding carboxylic acids is 2. The number of aliphatic hydroxyl groups is 1. The first kappa shape index (κ1) is 22.6. The lowest BCUT2D eigenvalue weighted by molar-refractivity contribution is -0.125. The summed E-state index contributed by atoms with van der Waals surface area (Å²) in [7, 11) is 1.60. The SMILES string of the molecule is COc1ccc(CNC(=O)C[C@@H]2C=C[C@H](NC(=O)c3ccc4c(c3)OCO4)[C@H](CO)O2)cc1. The second kappa shape index (κ2) is 10.4. The molecule has 3 atom stereocenters. The van der Waals surface area contributed by atoms with Gasteiger partial charge in [0.05, 0.1) is 32.3 Å². The molecule has 0 aromatic heterocycles. The van der Waals surface area contributed by atoms with Crippen molar-refractivity contribution in [2.24, 2.45) is 0 Å². The Bertz CT molecular complexity index is 1020. The number of hydrogen-bond acceptors (Lipinski definition) is 7. The first-order valence-corrected chi connectivity index (χ1v) is 10.6. The predicted octanol–water partition coefficient (Wildman–Crippen LogP) is 1.54. The van der Waals surface area contributed by atoms with Crippen molar-refractivity contribution in [3.8, 4) is 17.2 Å². The Kier molecular flexibility index (Phi) is 7.11. The summed E-state index contributed by atoms with van der Waals surface area (Å²) in [4.78, 5) is 25.0. The molecule has 3 N–H and O–H groups in total. The number of methoxy groups -OCH3 is 1. The number of carbonyl (C=O) groups is 2. The van der Waals surface area contributed by atoms with E-state index in [-0.39, 0.29) is 31.6 Å². The van der Waals surface area contributed by atoms with E-state index in [9.17, 15) is 14.7 Å². The summed E-state index contributed by atoms with van der Waals surface area (Å²) in [6.07, 6.45) is 2.40. The number of nitrogens with one attached hydrogen (secondary N) is 2. The molecule has 9 heteroatoms. The van der Waals surface area contributed by atoms with Crippen LogP contribution in [0.3, 0.4) is 0 Å². The second-order valence-electron chi connectivity index (χ2n) is 7.68. The number of benzene rings is 2. The summed E-state index contributed by atoms with van der Waals surface area (Å²) in [6, 6.07) is 11.8. The first-order valence-electron chi connectivity index (χ1n) is 10.6. The molecule has 4 rings (SSSR count). The Morgan fingerprint density at radius 1 is 1.09 bits per heavy atom. The lowest BCUT2D eigenvalue weighted by Crippen LogP contribution is -2.49. The Hall–Kier alpha value is -3.56. The van der Waals surface area contributed by atoms with E-state index in [2.05, 4.69) is 10.6 Å². The van der Waals surface area contributed by atoms with Crippen molar-refractivity contribution in [1.82, 2.24) is 10.6 Å². The Morgan fingerprint density at radius 3 is 2.64 bits per heavy atom. The molecule has 2 aromatic rings. The largest absolute Gasteiger partial charge is 0.497 e. The molecule has 0 bridgehead atoms. The van der Waals surface area contributed by atoms with Crippen molar-refractivity contribution in [1.29, 1.82) is 0 Å². The van der Waals surface area contributed by atoms with Crippen LogP contribution >= 0.6 is 0 Å². The highest BCUT2D eigenvalue weighted by Crippen LogP contribution is 2.32. The van der Waals surface area contributed by atoms with Gasteiger partial charge in [0.25, 0.3) is 5.91 Å². The Labute approximate surface area is 191 Å². The first-order chi connectivity index (χ1) is 16.1.